The van der Waals surface area contributed by atoms with E-state index in [-0.39, 0.29) is 30.6 Å². The second kappa shape index (κ2) is 8.40. The van der Waals surface area contributed by atoms with Gasteiger partial charge in [-0.15, -0.1) is 0 Å². The molecule has 1 aromatic carbocycles. The Hall–Kier alpha value is -2.28. The molecule has 0 spiro atoms. The highest BCUT2D eigenvalue weighted by atomic mass is 16.5. The average molecular weight is 361 g/mol. The van der Waals surface area contributed by atoms with Crippen LogP contribution in [-0.2, 0) is 4.79 Å². The van der Waals surface area contributed by atoms with Crippen molar-refractivity contribution < 1.29 is 19.4 Å². The second-order valence-corrected chi connectivity index (χ2v) is 6.91. The minimum absolute atomic E-state index is 0.00557. The molecule has 1 aromatic rings. The first-order valence-corrected chi connectivity index (χ1v) is 9.24. The zero-order valence-corrected chi connectivity index (χ0v) is 15.2. The number of hydrogen-bond acceptors (Lipinski definition) is 4. The van der Waals surface area contributed by atoms with E-state index in [0.29, 0.717) is 25.9 Å². The lowest BCUT2D eigenvalue weighted by atomic mass is 10.00. The van der Waals surface area contributed by atoms with Gasteiger partial charge < -0.3 is 25.0 Å². The molecule has 2 N–H and O–H groups in total. The number of aliphatic hydroxyl groups excluding tert-OH is 1. The van der Waals surface area contributed by atoms with Gasteiger partial charge in [0, 0.05) is 37.8 Å². The molecule has 0 aliphatic carbocycles. The summed E-state index contributed by atoms with van der Waals surface area (Å²) in [6.07, 6.45) is 3.90. The van der Waals surface area contributed by atoms with Crippen molar-refractivity contribution >= 4 is 17.6 Å². The molecular weight excluding hydrogens is 334 g/mol. The van der Waals surface area contributed by atoms with E-state index < -0.39 is 0 Å². The largest absolute Gasteiger partial charge is 0.497 e. The fourth-order valence-electron chi connectivity index (χ4n) is 3.79. The molecule has 0 saturated carbocycles. The highest BCUT2D eigenvalue weighted by Crippen LogP contribution is 2.25. The lowest BCUT2D eigenvalue weighted by molar-refractivity contribution is -0.117. The molecule has 7 nitrogen and oxygen atoms in total. The van der Waals surface area contributed by atoms with Crippen molar-refractivity contribution in [2.75, 3.05) is 31.7 Å². The van der Waals surface area contributed by atoms with E-state index >= 15 is 0 Å². The molecule has 0 bridgehead atoms. The van der Waals surface area contributed by atoms with Gasteiger partial charge in [-0.2, -0.15) is 0 Å². The monoisotopic (exact) mass is 361 g/mol. The number of likely N-dealkylation sites (tertiary alicyclic amines) is 1. The molecule has 0 radical (unpaired) electrons. The summed E-state index contributed by atoms with van der Waals surface area (Å²) in [5, 5.41) is 12.2. The number of nitrogens with zero attached hydrogens (tertiary/aromatic N) is 2. The summed E-state index contributed by atoms with van der Waals surface area (Å²) < 4.78 is 5.15. The molecule has 3 rings (SSSR count). The Kier molecular flexibility index (Phi) is 5.98. The van der Waals surface area contributed by atoms with Gasteiger partial charge in [-0.3, -0.25) is 4.79 Å². The van der Waals surface area contributed by atoms with Crippen molar-refractivity contribution in [3.63, 3.8) is 0 Å². The van der Waals surface area contributed by atoms with E-state index in [0.717, 1.165) is 30.7 Å². The van der Waals surface area contributed by atoms with Crippen molar-refractivity contribution in [3.8, 4) is 5.75 Å². The first-order chi connectivity index (χ1) is 12.6. The van der Waals surface area contributed by atoms with Crippen LogP contribution in [0.25, 0.3) is 0 Å². The molecule has 7 heteroatoms. The van der Waals surface area contributed by atoms with Crippen molar-refractivity contribution in [1.82, 2.24) is 10.2 Å². The normalized spacial score (nSPS) is 23.2. The second-order valence-electron chi connectivity index (χ2n) is 6.91. The molecule has 2 atom stereocenters. The maximum Gasteiger partial charge on any atom is 0.317 e. The van der Waals surface area contributed by atoms with Gasteiger partial charge in [0.15, 0.2) is 0 Å². The predicted molar refractivity (Wildman–Crippen MR) is 98.3 cm³/mol. The SMILES string of the molecule is COc1ccc(N2C[C@@H](NC(=O)N3CCCC[C@@H]3CCO)CC2=O)cc1. The Morgan fingerprint density at radius 3 is 2.77 bits per heavy atom. The van der Waals surface area contributed by atoms with Gasteiger partial charge in [0.05, 0.1) is 13.2 Å². The van der Waals surface area contributed by atoms with Gasteiger partial charge >= 0.3 is 6.03 Å². The number of carbonyl (C=O) groups excluding carboxylic acids is 2. The summed E-state index contributed by atoms with van der Waals surface area (Å²) in [4.78, 5) is 28.5. The summed E-state index contributed by atoms with van der Waals surface area (Å²) in [7, 11) is 1.60. The van der Waals surface area contributed by atoms with Crippen LogP contribution in [0.4, 0.5) is 10.5 Å². The summed E-state index contributed by atoms with van der Waals surface area (Å²) in [5.41, 5.74) is 0.809. The maximum absolute atomic E-state index is 12.7. The predicted octanol–water partition coefficient (Wildman–Crippen LogP) is 1.75. The van der Waals surface area contributed by atoms with Crippen LogP contribution in [0, 0.1) is 0 Å². The van der Waals surface area contributed by atoms with Crippen LogP contribution in [0.2, 0.25) is 0 Å². The maximum atomic E-state index is 12.7. The summed E-state index contributed by atoms with van der Waals surface area (Å²) >= 11 is 0. The first-order valence-electron chi connectivity index (χ1n) is 9.24. The van der Waals surface area contributed by atoms with Crippen LogP contribution in [0.1, 0.15) is 32.1 Å². The Morgan fingerprint density at radius 1 is 1.31 bits per heavy atom. The number of rotatable bonds is 5. The summed E-state index contributed by atoms with van der Waals surface area (Å²) in [6, 6.07) is 7.10. The molecule has 3 amide bonds. The van der Waals surface area contributed by atoms with Crippen LogP contribution < -0.4 is 15.0 Å². The lowest BCUT2D eigenvalue weighted by Crippen LogP contribution is -2.52. The molecule has 2 aliphatic rings. The van der Waals surface area contributed by atoms with Crippen LogP contribution in [0.5, 0.6) is 5.75 Å². The van der Waals surface area contributed by atoms with E-state index in [1.165, 1.54) is 0 Å². The number of methoxy groups -OCH3 is 1. The number of urea groups is 1. The Morgan fingerprint density at radius 2 is 2.08 bits per heavy atom. The number of hydrogen-bond donors (Lipinski definition) is 2. The highest BCUT2D eigenvalue weighted by Gasteiger charge is 2.34. The topological polar surface area (TPSA) is 82.1 Å². The third-order valence-electron chi connectivity index (χ3n) is 5.19. The number of benzene rings is 1. The molecule has 2 heterocycles. The van der Waals surface area contributed by atoms with Gasteiger partial charge in [0.1, 0.15) is 5.75 Å². The third kappa shape index (κ3) is 4.09. The van der Waals surface area contributed by atoms with E-state index in [1.807, 2.05) is 29.2 Å². The smallest absolute Gasteiger partial charge is 0.317 e. The lowest BCUT2D eigenvalue weighted by Gasteiger charge is -2.36. The molecule has 0 aromatic heterocycles. The van der Waals surface area contributed by atoms with Crippen molar-refractivity contribution in [1.29, 1.82) is 0 Å². The minimum atomic E-state index is -0.200. The van der Waals surface area contributed by atoms with Crippen LogP contribution >= 0.6 is 0 Å². The van der Waals surface area contributed by atoms with Crippen molar-refractivity contribution in [3.05, 3.63) is 24.3 Å². The van der Waals surface area contributed by atoms with Gasteiger partial charge in [-0.05, 0) is 49.9 Å². The van der Waals surface area contributed by atoms with E-state index in [4.69, 9.17) is 4.74 Å². The number of carbonyl (C=O) groups is 2. The number of nitrogens with one attached hydrogen (secondary N) is 1. The van der Waals surface area contributed by atoms with Gasteiger partial charge in [-0.25, -0.2) is 4.79 Å². The molecule has 142 valence electrons. The Bertz CT molecular complexity index is 632. The zero-order valence-electron chi connectivity index (χ0n) is 15.2. The van der Waals surface area contributed by atoms with Gasteiger partial charge in [0.25, 0.3) is 0 Å². The fraction of sp³-hybridized carbons (Fsp3) is 0.579. The van der Waals surface area contributed by atoms with Crippen LogP contribution in [0.15, 0.2) is 24.3 Å². The molecule has 0 unspecified atom stereocenters. The quantitative estimate of drug-likeness (QED) is 0.837. The fourth-order valence-corrected chi connectivity index (χ4v) is 3.79. The average Bonchev–Trinajstić information content (AvgIpc) is 3.02. The molecule has 26 heavy (non-hydrogen) atoms. The van der Waals surface area contributed by atoms with Gasteiger partial charge in [0.2, 0.25) is 5.91 Å². The highest BCUT2D eigenvalue weighted by molar-refractivity contribution is 5.96. The number of piperidine rings is 1. The first kappa shape index (κ1) is 18.5. The van der Waals surface area contributed by atoms with Crippen molar-refractivity contribution in [2.45, 2.75) is 44.2 Å². The summed E-state index contributed by atoms with van der Waals surface area (Å²) in [5.74, 6) is 0.747. The Labute approximate surface area is 153 Å². The number of ether oxygens (including phenoxy) is 1. The van der Waals surface area contributed by atoms with E-state index in [2.05, 4.69) is 5.32 Å². The number of aliphatic hydroxyl groups is 1. The third-order valence-corrected chi connectivity index (χ3v) is 5.19. The minimum Gasteiger partial charge on any atom is -0.497 e. The summed E-state index contributed by atoms with van der Waals surface area (Å²) in [6.45, 7) is 1.26. The molecule has 2 saturated heterocycles. The van der Waals surface area contributed by atoms with E-state index in [1.54, 1.807) is 12.0 Å². The standard InChI is InChI=1S/C19H27N3O4/c1-26-17-7-5-16(6-8-17)22-13-14(12-18(22)24)20-19(25)21-10-3-2-4-15(21)9-11-23/h5-8,14-15,23H,2-4,9-13H2,1H3,(H,20,25)/t14-,15+/m0/s1. The van der Waals surface area contributed by atoms with E-state index in [9.17, 15) is 14.7 Å². The molecular formula is C19H27N3O4. The molecule has 2 aliphatic heterocycles. The Balaban J connectivity index is 1.60. The number of amides is 3. The molecule has 2 fully saturated rings. The van der Waals surface area contributed by atoms with Crippen molar-refractivity contribution in [2.24, 2.45) is 0 Å². The van der Waals surface area contributed by atoms with Crippen LogP contribution in [-0.4, -0.2) is 60.8 Å². The number of anilines is 1. The van der Waals surface area contributed by atoms with Crippen LogP contribution in [0.3, 0.4) is 0 Å². The zero-order chi connectivity index (χ0) is 18.5. The van der Waals surface area contributed by atoms with Gasteiger partial charge in [-0.1, -0.05) is 0 Å².